The van der Waals surface area contributed by atoms with Crippen LogP contribution in [0.15, 0.2) is 24.3 Å². The first-order valence-corrected chi connectivity index (χ1v) is 5.35. The quantitative estimate of drug-likeness (QED) is 0.828. The molecule has 98 valence electrons. The molecule has 0 saturated carbocycles. The largest absolute Gasteiger partial charge is 0.481 e. The number of ether oxygens (including phenoxy) is 1. The average Bonchev–Trinajstić information content (AvgIpc) is 2.31. The second kappa shape index (κ2) is 6.00. The molecule has 1 aromatic rings. The number of benzene rings is 1. The van der Waals surface area contributed by atoms with Crippen molar-refractivity contribution in [2.75, 3.05) is 0 Å². The summed E-state index contributed by atoms with van der Waals surface area (Å²) < 4.78 is 17.9. The Bertz CT molecular complexity index is 432. The zero-order chi connectivity index (χ0) is 13.7. The normalized spacial score (nSPS) is 13.5. The summed E-state index contributed by atoms with van der Waals surface area (Å²) in [5.41, 5.74) is 0. The Kier molecular flexibility index (Phi) is 4.65. The maximum atomic E-state index is 12.6. The molecule has 0 heterocycles. The number of carboxylic acid groups (broad SMARTS) is 1. The average molecular weight is 255 g/mol. The molecule has 6 heteroatoms. The highest BCUT2D eigenvalue weighted by atomic mass is 19.1. The molecule has 0 aliphatic carbocycles. The molecule has 0 aromatic heterocycles. The highest BCUT2D eigenvalue weighted by Crippen LogP contribution is 2.13. The number of carbonyl (C=O) groups excluding carboxylic acids is 1. The highest BCUT2D eigenvalue weighted by Gasteiger charge is 2.20. The van der Waals surface area contributed by atoms with Crippen LogP contribution >= 0.6 is 0 Å². The van der Waals surface area contributed by atoms with Gasteiger partial charge in [0.15, 0.2) is 6.10 Å². The Hall–Kier alpha value is -2.11. The highest BCUT2D eigenvalue weighted by molar-refractivity contribution is 5.86. The number of hydrogen-bond donors (Lipinski definition) is 2. The fraction of sp³-hybridized carbons (Fsp3) is 0.333. The van der Waals surface area contributed by atoms with Gasteiger partial charge in [0, 0.05) is 0 Å². The van der Waals surface area contributed by atoms with Crippen LogP contribution in [0.3, 0.4) is 0 Å². The van der Waals surface area contributed by atoms with E-state index in [1.807, 2.05) is 0 Å². The summed E-state index contributed by atoms with van der Waals surface area (Å²) in [5, 5.41) is 10.9. The van der Waals surface area contributed by atoms with Gasteiger partial charge in [-0.2, -0.15) is 0 Å². The minimum Gasteiger partial charge on any atom is -0.481 e. The maximum Gasteiger partial charge on any atom is 0.325 e. The van der Waals surface area contributed by atoms with E-state index in [0.29, 0.717) is 5.75 Å². The summed E-state index contributed by atoms with van der Waals surface area (Å²) in [5.74, 6) is -1.74. The van der Waals surface area contributed by atoms with Crippen LogP contribution in [0.5, 0.6) is 5.75 Å². The number of amides is 1. The molecule has 0 radical (unpaired) electrons. The van der Waals surface area contributed by atoms with E-state index in [1.54, 1.807) is 0 Å². The van der Waals surface area contributed by atoms with Crippen molar-refractivity contribution in [1.29, 1.82) is 0 Å². The minimum absolute atomic E-state index is 0.335. The number of nitrogens with one attached hydrogen (secondary N) is 1. The zero-order valence-electron chi connectivity index (χ0n) is 10.0. The molecule has 0 saturated heterocycles. The van der Waals surface area contributed by atoms with Crippen molar-refractivity contribution in [2.24, 2.45) is 0 Å². The van der Waals surface area contributed by atoms with E-state index in [9.17, 15) is 14.0 Å². The lowest BCUT2D eigenvalue weighted by molar-refractivity contribution is -0.142. The zero-order valence-corrected chi connectivity index (χ0v) is 10.0. The van der Waals surface area contributed by atoms with Gasteiger partial charge < -0.3 is 15.2 Å². The molecular formula is C12H14FNO4. The van der Waals surface area contributed by atoms with Gasteiger partial charge in [0.05, 0.1) is 0 Å². The van der Waals surface area contributed by atoms with E-state index in [2.05, 4.69) is 5.32 Å². The van der Waals surface area contributed by atoms with Crippen LogP contribution in [0.1, 0.15) is 13.8 Å². The summed E-state index contributed by atoms with van der Waals surface area (Å²) in [7, 11) is 0. The predicted octanol–water partition coefficient (Wildman–Crippen LogP) is 1.18. The molecule has 0 spiro atoms. The van der Waals surface area contributed by atoms with E-state index in [0.717, 1.165) is 0 Å². The summed E-state index contributed by atoms with van der Waals surface area (Å²) >= 11 is 0. The Balaban J connectivity index is 2.54. The lowest BCUT2D eigenvalue weighted by Crippen LogP contribution is -2.44. The van der Waals surface area contributed by atoms with Gasteiger partial charge >= 0.3 is 5.97 Å². The van der Waals surface area contributed by atoms with Gasteiger partial charge in [-0.25, -0.2) is 4.39 Å². The van der Waals surface area contributed by atoms with Gasteiger partial charge in [-0.3, -0.25) is 9.59 Å². The summed E-state index contributed by atoms with van der Waals surface area (Å²) in [6, 6.07) is 4.20. The summed E-state index contributed by atoms with van der Waals surface area (Å²) in [4.78, 5) is 22.1. The molecule has 0 bridgehead atoms. The van der Waals surface area contributed by atoms with Gasteiger partial charge in [0.1, 0.15) is 17.6 Å². The molecule has 1 aromatic carbocycles. The molecule has 0 aliphatic rings. The number of halogens is 1. The van der Waals surface area contributed by atoms with Gasteiger partial charge in [0.25, 0.3) is 5.91 Å². The van der Waals surface area contributed by atoms with E-state index in [1.165, 1.54) is 38.1 Å². The third-order valence-electron chi connectivity index (χ3n) is 2.22. The molecule has 0 aliphatic heterocycles. The predicted molar refractivity (Wildman–Crippen MR) is 61.7 cm³/mol. The van der Waals surface area contributed by atoms with Crippen molar-refractivity contribution >= 4 is 11.9 Å². The second-order valence-corrected chi connectivity index (χ2v) is 3.78. The summed E-state index contributed by atoms with van der Waals surface area (Å²) in [6.07, 6.45) is -0.864. The maximum absolute atomic E-state index is 12.6. The second-order valence-electron chi connectivity index (χ2n) is 3.78. The fourth-order valence-corrected chi connectivity index (χ4v) is 1.16. The van der Waals surface area contributed by atoms with Crippen molar-refractivity contribution in [1.82, 2.24) is 5.32 Å². The molecule has 1 rings (SSSR count). The topological polar surface area (TPSA) is 75.6 Å². The first-order valence-electron chi connectivity index (χ1n) is 5.35. The third-order valence-corrected chi connectivity index (χ3v) is 2.22. The van der Waals surface area contributed by atoms with E-state index in [4.69, 9.17) is 9.84 Å². The number of carbonyl (C=O) groups is 2. The lowest BCUT2D eigenvalue weighted by Gasteiger charge is -2.16. The Labute approximate surface area is 104 Å². The Morgan fingerprint density at radius 3 is 2.33 bits per heavy atom. The Morgan fingerprint density at radius 2 is 1.83 bits per heavy atom. The third kappa shape index (κ3) is 4.04. The molecular weight excluding hydrogens is 241 g/mol. The van der Waals surface area contributed by atoms with Crippen LogP contribution in [0, 0.1) is 5.82 Å². The van der Waals surface area contributed by atoms with E-state index < -0.39 is 29.8 Å². The first-order chi connectivity index (χ1) is 8.40. The lowest BCUT2D eigenvalue weighted by atomic mass is 10.3. The molecule has 5 nitrogen and oxygen atoms in total. The van der Waals surface area contributed by atoms with Crippen molar-refractivity contribution in [2.45, 2.75) is 26.0 Å². The van der Waals surface area contributed by atoms with Crippen molar-refractivity contribution < 1.29 is 23.8 Å². The number of hydrogen-bond acceptors (Lipinski definition) is 3. The molecule has 2 N–H and O–H groups in total. The first kappa shape index (κ1) is 14.0. The minimum atomic E-state index is -1.13. The van der Waals surface area contributed by atoms with Gasteiger partial charge in [-0.15, -0.1) is 0 Å². The van der Waals surface area contributed by atoms with Crippen molar-refractivity contribution in [3.05, 3.63) is 30.1 Å². The van der Waals surface area contributed by atoms with Crippen LogP contribution in [-0.4, -0.2) is 29.1 Å². The number of rotatable bonds is 5. The van der Waals surface area contributed by atoms with Crippen LogP contribution in [0.4, 0.5) is 4.39 Å². The molecule has 2 unspecified atom stereocenters. The SMILES string of the molecule is CC(NC(=O)C(C)Oc1ccc(F)cc1)C(=O)O. The van der Waals surface area contributed by atoms with Crippen LogP contribution in [0.25, 0.3) is 0 Å². The molecule has 18 heavy (non-hydrogen) atoms. The van der Waals surface area contributed by atoms with Gasteiger partial charge in [-0.05, 0) is 38.1 Å². The van der Waals surface area contributed by atoms with Crippen LogP contribution in [0.2, 0.25) is 0 Å². The number of aliphatic carboxylic acids is 1. The van der Waals surface area contributed by atoms with Crippen molar-refractivity contribution in [3.8, 4) is 5.75 Å². The van der Waals surface area contributed by atoms with Gasteiger partial charge in [-0.1, -0.05) is 0 Å². The molecule has 1 amide bonds. The van der Waals surface area contributed by atoms with Gasteiger partial charge in [0.2, 0.25) is 0 Å². The van der Waals surface area contributed by atoms with E-state index >= 15 is 0 Å². The van der Waals surface area contributed by atoms with Crippen molar-refractivity contribution in [3.63, 3.8) is 0 Å². The number of carboxylic acids is 1. The smallest absolute Gasteiger partial charge is 0.325 e. The van der Waals surface area contributed by atoms with Crippen LogP contribution in [-0.2, 0) is 9.59 Å². The monoisotopic (exact) mass is 255 g/mol. The standard InChI is InChI=1S/C12H14FNO4/c1-7(12(16)17)14-11(15)8(2)18-10-5-3-9(13)4-6-10/h3-8H,1-2H3,(H,14,15)(H,16,17). The molecule has 2 atom stereocenters. The van der Waals surface area contributed by atoms with E-state index in [-0.39, 0.29) is 0 Å². The summed E-state index contributed by atoms with van der Waals surface area (Å²) in [6.45, 7) is 2.83. The van der Waals surface area contributed by atoms with Crippen LogP contribution < -0.4 is 10.1 Å². The Morgan fingerprint density at radius 1 is 1.28 bits per heavy atom. The molecule has 0 fully saturated rings. The fourth-order valence-electron chi connectivity index (χ4n) is 1.16.